The number of hydrogen-bond acceptors (Lipinski definition) is 1. The summed E-state index contributed by atoms with van der Waals surface area (Å²) < 4.78 is 0. The van der Waals surface area contributed by atoms with Gasteiger partial charge in [0, 0.05) is 6.54 Å². The van der Waals surface area contributed by atoms with Crippen molar-refractivity contribution in [3.05, 3.63) is 11.8 Å². The van der Waals surface area contributed by atoms with Gasteiger partial charge in [-0.1, -0.05) is 18.4 Å². The van der Waals surface area contributed by atoms with E-state index in [0.29, 0.717) is 0 Å². The highest BCUT2D eigenvalue weighted by molar-refractivity contribution is 5.04. The van der Waals surface area contributed by atoms with Crippen molar-refractivity contribution in [2.75, 3.05) is 6.54 Å². The quantitative estimate of drug-likeness (QED) is 0.701. The van der Waals surface area contributed by atoms with Gasteiger partial charge in [0.15, 0.2) is 0 Å². The molecule has 0 aliphatic heterocycles. The van der Waals surface area contributed by atoms with Gasteiger partial charge in [-0.2, -0.15) is 0 Å². The highest BCUT2D eigenvalue weighted by atomic mass is 14.8. The first-order chi connectivity index (χ1) is 6.45. The largest absolute Gasteiger partial charge is 0.391 e. The molecule has 0 spiro atoms. The van der Waals surface area contributed by atoms with Gasteiger partial charge < -0.3 is 5.32 Å². The molecular weight excluding hydrogens is 158 g/mol. The maximum Gasteiger partial charge on any atom is 0.0169 e. The van der Waals surface area contributed by atoms with Crippen molar-refractivity contribution in [1.82, 2.24) is 5.32 Å². The second-order valence-corrected chi connectivity index (χ2v) is 4.57. The fraction of sp³-hybridized carbons (Fsp3) is 0.833. The molecule has 0 atom stereocenters. The van der Waals surface area contributed by atoms with Crippen LogP contribution < -0.4 is 5.32 Å². The van der Waals surface area contributed by atoms with Crippen molar-refractivity contribution >= 4 is 0 Å². The number of allylic oxidation sites excluding steroid dienone is 1. The lowest BCUT2D eigenvalue weighted by molar-refractivity contribution is 0.525. The minimum absolute atomic E-state index is 0.971. The van der Waals surface area contributed by atoms with Gasteiger partial charge in [-0.15, -0.1) is 0 Å². The summed E-state index contributed by atoms with van der Waals surface area (Å²) in [5.74, 6) is 0.971. The highest BCUT2D eigenvalue weighted by Crippen LogP contribution is 2.25. The summed E-state index contributed by atoms with van der Waals surface area (Å²) in [4.78, 5) is 0. The van der Waals surface area contributed by atoms with Gasteiger partial charge >= 0.3 is 0 Å². The number of hydrogen-bond donors (Lipinski definition) is 1. The molecule has 0 bridgehead atoms. The third-order valence-electron chi connectivity index (χ3n) is 3.43. The van der Waals surface area contributed by atoms with E-state index in [1.54, 1.807) is 5.57 Å². The average molecular weight is 179 g/mol. The second kappa shape index (κ2) is 4.69. The molecule has 1 N–H and O–H groups in total. The zero-order valence-electron chi connectivity index (χ0n) is 8.52. The van der Waals surface area contributed by atoms with E-state index in [2.05, 4.69) is 11.5 Å². The molecule has 2 aliphatic rings. The summed E-state index contributed by atoms with van der Waals surface area (Å²) in [7, 11) is 0. The van der Waals surface area contributed by atoms with Crippen LogP contribution in [0.1, 0.15) is 51.4 Å². The Hall–Kier alpha value is -0.460. The summed E-state index contributed by atoms with van der Waals surface area (Å²) in [5, 5.41) is 3.51. The molecule has 0 radical (unpaired) electrons. The van der Waals surface area contributed by atoms with Gasteiger partial charge in [-0.3, -0.25) is 0 Å². The van der Waals surface area contributed by atoms with Crippen LogP contribution in [0.4, 0.5) is 0 Å². The van der Waals surface area contributed by atoms with Crippen molar-refractivity contribution < 1.29 is 0 Å². The first-order valence-electron chi connectivity index (χ1n) is 5.86. The molecule has 74 valence electrons. The lowest BCUT2D eigenvalue weighted by Crippen LogP contribution is -2.15. The molecule has 0 aromatic carbocycles. The topological polar surface area (TPSA) is 12.0 Å². The third kappa shape index (κ3) is 2.75. The summed E-state index contributed by atoms with van der Waals surface area (Å²) in [5.41, 5.74) is 1.65. The molecule has 1 heteroatoms. The lowest BCUT2D eigenvalue weighted by atomic mass is 10.1. The van der Waals surface area contributed by atoms with E-state index in [1.165, 1.54) is 57.9 Å². The van der Waals surface area contributed by atoms with Crippen LogP contribution in [0.25, 0.3) is 0 Å². The van der Waals surface area contributed by atoms with Crippen LogP contribution in [0.3, 0.4) is 0 Å². The van der Waals surface area contributed by atoms with Crippen LogP contribution in [-0.4, -0.2) is 6.54 Å². The Labute approximate surface area is 81.6 Å². The van der Waals surface area contributed by atoms with Gasteiger partial charge in [0.05, 0.1) is 0 Å². The van der Waals surface area contributed by atoms with Crippen LogP contribution in [0, 0.1) is 5.92 Å². The Bertz CT molecular complexity index is 170. The fourth-order valence-electron chi connectivity index (χ4n) is 2.56. The van der Waals surface area contributed by atoms with E-state index in [-0.39, 0.29) is 0 Å². The van der Waals surface area contributed by atoms with Crippen LogP contribution >= 0.6 is 0 Å². The number of rotatable bonds is 3. The Kier molecular flexibility index (Phi) is 3.28. The zero-order chi connectivity index (χ0) is 8.93. The van der Waals surface area contributed by atoms with E-state index < -0.39 is 0 Å². The smallest absolute Gasteiger partial charge is 0.0169 e. The molecule has 2 saturated carbocycles. The highest BCUT2D eigenvalue weighted by Gasteiger charge is 2.13. The molecule has 0 aromatic rings. The Balaban J connectivity index is 1.64. The van der Waals surface area contributed by atoms with Crippen molar-refractivity contribution in [2.24, 2.45) is 5.92 Å². The summed E-state index contributed by atoms with van der Waals surface area (Å²) in [6, 6.07) is 0. The van der Waals surface area contributed by atoms with Crippen molar-refractivity contribution in [2.45, 2.75) is 51.4 Å². The van der Waals surface area contributed by atoms with E-state index in [1.807, 2.05) is 0 Å². The van der Waals surface area contributed by atoms with Crippen molar-refractivity contribution in [1.29, 1.82) is 0 Å². The van der Waals surface area contributed by atoms with Gasteiger partial charge in [0.1, 0.15) is 0 Å². The van der Waals surface area contributed by atoms with Crippen LogP contribution in [0.2, 0.25) is 0 Å². The predicted molar refractivity (Wildman–Crippen MR) is 56.5 cm³/mol. The molecule has 0 amide bonds. The maximum atomic E-state index is 3.51. The normalized spacial score (nSPS) is 23.8. The second-order valence-electron chi connectivity index (χ2n) is 4.57. The first kappa shape index (κ1) is 9.11. The van der Waals surface area contributed by atoms with E-state index in [4.69, 9.17) is 0 Å². The summed E-state index contributed by atoms with van der Waals surface area (Å²) >= 11 is 0. The van der Waals surface area contributed by atoms with E-state index in [0.717, 1.165) is 5.92 Å². The van der Waals surface area contributed by atoms with Gasteiger partial charge in [-0.25, -0.2) is 0 Å². The standard InChI is InChI=1S/C12H21N/c1-2-6-11(5-1)9-13-10-12-7-3-4-8-12/h9,12-13H,1-8,10H2. The molecule has 2 aliphatic carbocycles. The van der Waals surface area contributed by atoms with Crippen LogP contribution in [0.5, 0.6) is 0 Å². The number of nitrogens with one attached hydrogen (secondary N) is 1. The lowest BCUT2D eigenvalue weighted by Gasteiger charge is -2.08. The minimum atomic E-state index is 0.971. The minimum Gasteiger partial charge on any atom is -0.391 e. The Morgan fingerprint density at radius 3 is 2.46 bits per heavy atom. The Morgan fingerprint density at radius 1 is 1.08 bits per heavy atom. The van der Waals surface area contributed by atoms with Crippen LogP contribution in [0.15, 0.2) is 11.8 Å². The fourth-order valence-corrected chi connectivity index (χ4v) is 2.56. The van der Waals surface area contributed by atoms with Gasteiger partial charge in [-0.05, 0) is 50.6 Å². The third-order valence-corrected chi connectivity index (χ3v) is 3.43. The van der Waals surface area contributed by atoms with Gasteiger partial charge in [0.25, 0.3) is 0 Å². The van der Waals surface area contributed by atoms with Gasteiger partial charge in [0.2, 0.25) is 0 Å². The average Bonchev–Trinajstić information content (AvgIpc) is 2.75. The predicted octanol–water partition coefficient (Wildman–Crippen LogP) is 3.22. The molecule has 0 saturated heterocycles. The van der Waals surface area contributed by atoms with Crippen molar-refractivity contribution in [3.8, 4) is 0 Å². The SMILES string of the molecule is C(NCC1CCCC1)=C1CCCC1. The molecule has 1 nitrogen and oxygen atoms in total. The molecule has 2 fully saturated rings. The summed E-state index contributed by atoms with van der Waals surface area (Å²) in [6.45, 7) is 1.23. The molecule has 13 heavy (non-hydrogen) atoms. The van der Waals surface area contributed by atoms with Crippen molar-refractivity contribution in [3.63, 3.8) is 0 Å². The monoisotopic (exact) mass is 179 g/mol. The first-order valence-corrected chi connectivity index (χ1v) is 5.86. The molecular formula is C12H21N. The van der Waals surface area contributed by atoms with E-state index in [9.17, 15) is 0 Å². The zero-order valence-corrected chi connectivity index (χ0v) is 8.52. The summed E-state index contributed by atoms with van der Waals surface area (Å²) in [6.07, 6.45) is 13.6. The maximum absolute atomic E-state index is 3.51. The van der Waals surface area contributed by atoms with Crippen LogP contribution in [-0.2, 0) is 0 Å². The molecule has 2 rings (SSSR count). The Morgan fingerprint density at radius 2 is 1.77 bits per heavy atom. The van der Waals surface area contributed by atoms with E-state index >= 15 is 0 Å². The molecule has 0 heterocycles. The molecule has 0 unspecified atom stereocenters. The molecule has 0 aromatic heterocycles.